The Balaban J connectivity index is 1.53. The molecule has 0 aliphatic rings. The molecular formula is C24H20FN3O3. The van der Waals surface area contributed by atoms with Crippen LogP contribution in [0.25, 0.3) is 11.0 Å². The fourth-order valence-electron chi connectivity index (χ4n) is 3.44. The summed E-state index contributed by atoms with van der Waals surface area (Å²) in [5.74, 6) is -0.583. The van der Waals surface area contributed by atoms with Crippen molar-refractivity contribution in [3.05, 3.63) is 116 Å². The zero-order valence-electron chi connectivity index (χ0n) is 16.8. The average Bonchev–Trinajstić information content (AvgIpc) is 2.80. The van der Waals surface area contributed by atoms with E-state index >= 15 is 0 Å². The zero-order valence-corrected chi connectivity index (χ0v) is 16.8. The number of hydrogen-bond donors (Lipinski definition) is 1. The van der Waals surface area contributed by atoms with Crippen molar-refractivity contribution in [3.8, 4) is 0 Å². The summed E-state index contributed by atoms with van der Waals surface area (Å²) >= 11 is 0. The maximum Gasteiger partial charge on any atom is 0.317 e. The summed E-state index contributed by atoms with van der Waals surface area (Å²) in [5.41, 5.74) is 2.20. The molecule has 0 bridgehead atoms. The molecule has 0 aliphatic carbocycles. The Labute approximate surface area is 177 Å². The Morgan fingerprint density at radius 2 is 1.45 bits per heavy atom. The Morgan fingerprint density at radius 1 is 0.839 bits per heavy atom. The van der Waals surface area contributed by atoms with Gasteiger partial charge in [0.15, 0.2) is 0 Å². The van der Waals surface area contributed by atoms with Gasteiger partial charge in [-0.25, -0.2) is 4.39 Å². The van der Waals surface area contributed by atoms with Gasteiger partial charge >= 0.3 is 11.1 Å². The predicted octanol–water partition coefficient (Wildman–Crippen LogP) is 2.82. The highest BCUT2D eigenvalue weighted by atomic mass is 19.1. The van der Waals surface area contributed by atoms with E-state index in [0.29, 0.717) is 16.6 Å². The Morgan fingerprint density at radius 3 is 2.13 bits per heavy atom. The number of nitrogens with one attached hydrogen (secondary N) is 1. The van der Waals surface area contributed by atoms with Gasteiger partial charge in [0.05, 0.1) is 17.6 Å². The number of aromatic nitrogens is 2. The van der Waals surface area contributed by atoms with E-state index in [4.69, 9.17) is 0 Å². The number of halogens is 1. The molecule has 1 aromatic heterocycles. The lowest BCUT2D eigenvalue weighted by Gasteiger charge is -2.13. The summed E-state index contributed by atoms with van der Waals surface area (Å²) in [6.45, 7) is 0.502. The Hall–Kier alpha value is -4.00. The summed E-state index contributed by atoms with van der Waals surface area (Å²) in [4.78, 5) is 37.2. The minimum absolute atomic E-state index is 0.215. The molecule has 0 unspecified atom stereocenters. The first-order valence-electron chi connectivity index (χ1n) is 9.74. The van der Waals surface area contributed by atoms with Crippen molar-refractivity contribution in [1.82, 2.24) is 14.5 Å². The van der Waals surface area contributed by atoms with Crippen molar-refractivity contribution < 1.29 is 9.18 Å². The van der Waals surface area contributed by atoms with Gasteiger partial charge in [-0.3, -0.25) is 19.0 Å². The summed E-state index contributed by atoms with van der Waals surface area (Å²) < 4.78 is 15.8. The molecule has 4 aromatic rings. The molecule has 1 N–H and O–H groups in total. The highest BCUT2D eigenvalue weighted by molar-refractivity contribution is 5.94. The topological polar surface area (TPSA) is 73.1 Å². The van der Waals surface area contributed by atoms with Crippen LogP contribution in [0.2, 0.25) is 0 Å². The number of amides is 1. The smallest absolute Gasteiger partial charge is 0.317 e. The van der Waals surface area contributed by atoms with Crippen molar-refractivity contribution in [2.75, 3.05) is 0 Å². The molecule has 0 atom stereocenters. The average molecular weight is 417 g/mol. The number of para-hydroxylation sites is 2. The van der Waals surface area contributed by atoms with E-state index in [1.54, 1.807) is 55.6 Å². The summed E-state index contributed by atoms with van der Waals surface area (Å²) in [7, 11) is 1.58. The molecule has 0 fully saturated rings. The fraction of sp³-hybridized carbons (Fsp3) is 0.125. The summed E-state index contributed by atoms with van der Waals surface area (Å²) in [6, 6.07) is 20.0. The monoisotopic (exact) mass is 417 g/mol. The molecule has 1 heterocycles. The molecule has 1 amide bonds. The quantitative estimate of drug-likeness (QED) is 0.508. The fourth-order valence-corrected chi connectivity index (χ4v) is 3.44. The van der Waals surface area contributed by atoms with E-state index in [-0.39, 0.29) is 24.8 Å². The van der Waals surface area contributed by atoms with Crippen LogP contribution in [0.15, 0.2) is 82.4 Å². The lowest BCUT2D eigenvalue weighted by atomic mass is 10.1. The van der Waals surface area contributed by atoms with Crippen LogP contribution in [-0.4, -0.2) is 15.0 Å². The predicted molar refractivity (Wildman–Crippen MR) is 117 cm³/mol. The highest BCUT2D eigenvalue weighted by Gasteiger charge is 2.11. The third-order valence-corrected chi connectivity index (χ3v) is 5.19. The second-order valence-corrected chi connectivity index (χ2v) is 7.25. The highest BCUT2D eigenvalue weighted by Crippen LogP contribution is 2.12. The SMILES string of the molecule is Cn1c(=O)c(=O)n(Cc2ccc(C(=O)NCc3ccc(F)cc3)cc2)c2ccccc21. The minimum Gasteiger partial charge on any atom is -0.348 e. The molecule has 4 rings (SSSR count). The van der Waals surface area contributed by atoms with Crippen molar-refractivity contribution in [2.45, 2.75) is 13.1 Å². The van der Waals surface area contributed by atoms with Gasteiger partial charge < -0.3 is 9.88 Å². The van der Waals surface area contributed by atoms with Gasteiger partial charge in [-0.05, 0) is 47.5 Å². The van der Waals surface area contributed by atoms with Gasteiger partial charge in [0.1, 0.15) is 5.82 Å². The molecule has 0 saturated heterocycles. The molecule has 3 aromatic carbocycles. The summed E-state index contributed by atoms with van der Waals surface area (Å²) in [6.07, 6.45) is 0. The lowest BCUT2D eigenvalue weighted by Crippen LogP contribution is -2.40. The van der Waals surface area contributed by atoms with Crippen LogP contribution in [0.3, 0.4) is 0 Å². The largest absolute Gasteiger partial charge is 0.348 e. The van der Waals surface area contributed by atoms with E-state index in [1.165, 1.54) is 21.3 Å². The van der Waals surface area contributed by atoms with Gasteiger partial charge in [-0.1, -0.05) is 36.4 Å². The number of fused-ring (bicyclic) bond motifs is 1. The zero-order chi connectivity index (χ0) is 22.0. The van der Waals surface area contributed by atoms with Crippen molar-refractivity contribution >= 4 is 16.9 Å². The van der Waals surface area contributed by atoms with Gasteiger partial charge in [0, 0.05) is 19.2 Å². The number of nitrogens with zero attached hydrogens (tertiary/aromatic N) is 2. The van der Waals surface area contributed by atoms with Crippen molar-refractivity contribution in [3.63, 3.8) is 0 Å². The molecule has 0 saturated carbocycles. The second-order valence-electron chi connectivity index (χ2n) is 7.25. The molecule has 156 valence electrons. The number of carbonyl (C=O) groups is 1. The van der Waals surface area contributed by atoms with Crippen LogP contribution in [0.4, 0.5) is 4.39 Å². The first-order valence-corrected chi connectivity index (χ1v) is 9.74. The number of aryl methyl sites for hydroxylation is 1. The standard InChI is InChI=1S/C24H20FN3O3/c1-27-20-4-2-3-5-21(20)28(24(31)23(27)30)15-17-6-10-18(11-7-17)22(29)26-14-16-8-12-19(25)13-9-16/h2-13H,14-15H2,1H3,(H,26,29). The normalized spacial score (nSPS) is 10.9. The number of benzene rings is 3. The van der Waals surface area contributed by atoms with E-state index in [0.717, 1.165) is 11.1 Å². The number of carbonyl (C=O) groups excluding carboxylic acids is 1. The molecule has 0 radical (unpaired) electrons. The van der Waals surface area contributed by atoms with Gasteiger partial charge in [-0.2, -0.15) is 0 Å². The number of rotatable bonds is 5. The maximum atomic E-state index is 13.0. The third kappa shape index (κ3) is 4.16. The van der Waals surface area contributed by atoms with Gasteiger partial charge in [0.25, 0.3) is 5.91 Å². The number of hydrogen-bond acceptors (Lipinski definition) is 3. The Kier molecular flexibility index (Phi) is 5.49. The van der Waals surface area contributed by atoms with E-state index in [2.05, 4.69) is 5.32 Å². The third-order valence-electron chi connectivity index (χ3n) is 5.19. The molecule has 0 aliphatic heterocycles. The van der Waals surface area contributed by atoms with Crippen LogP contribution in [0.5, 0.6) is 0 Å². The van der Waals surface area contributed by atoms with Crippen LogP contribution in [-0.2, 0) is 20.1 Å². The van der Waals surface area contributed by atoms with E-state index in [1.807, 2.05) is 12.1 Å². The first kappa shape index (κ1) is 20.3. The van der Waals surface area contributed by atoms with Crippen molar-refractivity contribution in [1.29, 1.82) is 0 Å². The van der Waals surface area contributed by atoms with Crippen LogP contribution in [0, 0.1) is 5.82 Å². The van der Waals surface area contributed by atoms with Gasteiger partial charge in [-0.15, -0.1) is 0 Å². The summed E-state index contributed by atoms with van der Waals surface area (Å²) in [5, 5.41) is 2.79. The van der Waals surface area contributed by atoms with Crippen LogP contribution >= 0.6 is 0 Å². The second kappa shape index (κ2) is 8.39. The van der Waals surface area contributed by atoms with Crippen LogP contribution in [0.1, 0.15) is 21.5 Å². The minimum atomic E-state index is -0.595. The van der Waals surface area contributed by atoms with Gasteiger partial charge in [0.2, 0.25) is 0 Å². The Bertz CT molecular complexity index is 1370. The molecule has 7 heteroatoms. The molecular weight excluding hydrogens is 397 g/mol. The van der Waals surface area contributed by atoms with E-state index < -0.39 is 11.1 Å². The van der Waals surface area contributed by atoms with E-state index in [9.17, 15) is 18.8 Å². The molecule has 6 nitrogen and oxygen atoms in total. The molecule has 31 heavy (non-hydrogen) atoms. The lowest BCUT2D eigenvalue weighted by molar-refractivity contribution is 0.0951. The maximum absolute atomic E-state index is 13.0. The molecule has 0 spiro atoms. The first-order chi connectivity index (χ1) is 14.9. The van der Waals surface area contributed by atoms with Crippen LogP contribution < -0.4 is 16.4 Å². The van der Waals surface area contributed by atoms with Crippen molar-refractivity contribution in [2.24, 2.45) is 7.05 Å².